The van der Waals surface area contributed by atoms with Crippen molar-refractivity contribution in [2.75, 3.05) is 11.9 Å². The smallest absolute Gasteiger partial charge is 0.263 e. The van der Waals surface area contributed by atoms with E-state index in [9.17, 15) is 14.7 Å². The standard InChI is InChI=1S/C21H18N2O3/c1-22-18-7-3-2-6-17(18)21(26,20(22)25)14-19(24)15-8-10-16(11-9-15)23-12-4-5-13-23/h2-13,26H,14H2,1H3. The van der Waals surface area contributed by atoms with Crippen LogP contribution in [-0.2, 0) is 10.4 Å². The van der Waals surface area contributed by atoms with Crippen LogP contribution in [0.3, 0.4) is 0 Å². The lowest BCUT2D eigenvalue weighted by molar-refractivity contribution is -0.135. The van der Waals surface area contributed by atoms with E-state index >= 15 is 0 Å². The fourth-order valence-electron chi connectivity index (χ4n) is 3.45. The van der Waals surface area contributed by atoms with Crippen LogP contribution in [0.25, 0.3) is 5.69 Å². The van der Waals surface area contributed by atoms with Gasteiger partial charge >= 0.3 is 0 Å². The van der Waals surface area contributed by atoms with Crippen LogP contribution in [0.15, 0.2) is 73.1 Å². The molecule has 1 aliphatic rings. The highest BCUT2D eigenvalue weighted by atomic mass is 16.3. The van der Waals surface area contributed by atoms with E-state index in [2.05, 4.69) is 0 Å². The first-order valence-corrected chi connectivity index (χ1v) is 8.37. The Labute approximate surface area is 151 Å². The summed E-state index contributed by atoms with van der Waals surface area (Å²) in [7, 11) is 1.61. The van der Waals surface area contributed by atoms with Gasteiger partial charge in [0.15, 0.2) is 11.4 Å². The predicted molar refractivity (Wildman–Crippen MR) is 98.5 cm³/mol. The number of ketones is 1. The molecular weight excluding hydrogens is 328 g/mol. The molecule has 0 spiro atoms. The second-order valence-corrected chi connectivity index (χ2v) is 6.48. The van der Waals surface area contributed by atoms with Gasteiger partial charge in [-0.2, -0.15) is 0 Å². The molecule has 0 fully saturated rings. The van der Waals surface area contributed by atoms with Crippen LogP contribution in [0.5, 0.6) is 0 Å². The Bertz CT molecular complexity index is 977. The van der Waals surface area contributed by atoms with Gasteiger partial charge in [-0.15, -0.1) is 0 Å². The highest BCUT2D eigenvalue weighted by molar-refractivity contribution is 6.10. The number of rotatable bonds is 4. The van der Waals surface area contributed by atoms with E-state index in [1.165, 1.54) is 4.90 Å². The number of hydrogen-bond donors (Lipinski definition) is 1. The Morgan fingerprint density at radius 3 is 2.35 bits per heavy atom. The number of nitrogens with zero attached hydrogens (tertiary/aromatic N) is 2. The minimum Gasteiger partial charge on any atom is -0.375 e. The number of anilines is 1. The van der Waals surface area contributed by atoms with Crippen molar-refractivity contribution in [1.29, 1.82) is 0 Å². The van der Waals surface area contributed by atoms with Crippen LogP contribution in [0.2, 0.25) is 0 Å². The zero-order valence-corrected chi connectivity index (χ0v) is 14.3. The number of aliphatic hydroxyl groups is 1. The maximum atomic E-state index is 12.7. The third kappa shape index (κ3) is 2.45. The summed E-state index contributed by atoms with van der Waals surface area (Å²) in [4.78, 5) is 26.7. The number of carbonyl (C=O) groups excluding carboxylic acids is 2. The maximum Gasteiger partial charge on any atom is 0.263 e. The topological polar surface area (TPSA) is 62.5 Å². The first-order valence-electron chi connectivity index (χ1n) is 8.37. The lowest BCUT2D eigenvalue weighted by atomic mass is 9.88. The second kappa shape index (κ2) is 5.97. The summed E-state index contributed by atoms with van der Waals surface area (Å²) in [6, 6.07) is 18.0. The highest BCUT2D eigenvalue weighted by Gasteiger charge is 2.49. The first-order chi connectivity index (χ1) is 12.5. The minimum atomic E-state index is -1.82. The van der Waals surface area contributed by atoms with E-state index < -0.39 is 11.5 Å². The van der Waals surface area contributed by atoms with Gasteiger partial charge in [0.05, 0.1) is 12.1 Å². The van der Waals surface area contributed by atoms with Gasteiger partial charge in [0.2, 0.25) is 0 Å². The molecule has 5 nitrogen and oxygen atoms in total. The highest BCUT2D eigenvalue weighted by Crippen LogP contribution is 2.41. The Morgan fingerprint density at radius 2 is 1.65 bits per heavy atom. The van der Waals surface area contributed by atoms with Crippen molar-refractivity contribution in [3.05, 3.63) is 84.2 Å². The molecule has 5 heteroatoms. The Morgan fingerprint density at radius 1 is 1.00 bits per heavy atom. The minimum absolute atomic E-state index is 0.273. The zero-order valence-electron chi connectivity index (χ0n) is 14.3. The van der Waals surface area contributed by atoms with E-state index in [1.54, 1.807) is 43.4 Å². The fraction of sp³-hybridized carbons (Fsp3) is 0.143. The van der Waals surface area contributed by atoms with Crippen molar-refractivity contribution in [3.8, 4) is 5.69 Å². The van der Waals surface area contributed by atoms with Gasteiger partial charge < -0.3 is 14.6 Å². The molecule has 1 N–H and O–H groups in total. The third-order valence-corrected chi connectivity index (χ3v) is 4.88. The first kappa shape index (κ1) is 16.3. The molecule has 1 aliphatic heterocycles. The molecule has 1 aromatic heterocycles. The molecule has 0 radical (unpaired) electrons. The van der Waals surface area contributed by atoms with Crippen molar-refractivity contribution in [1.82, 2.24) is 4.57 Å². The van der Waals surface area contributed by atoms with Crippen molar-refractivity contribution < 1.29 is 14.7 Å². The number of fused-ring (bicyclic) bond motifs is 1. The van der Waals surface area contributed by atoms with Crippen molar-refractivity contribution in [2.45, 2.75) is 12.0 Å². The van der Waals surface area contributed by atoms with Crippen molar-refractivity contribution in [3.63, 3.8) is 0 Å². The van der Waals surface area contributed by atoms with E-state index in [1.807, 2.05) is 41.2 Å². The number of carbonyl (C=O) groups is 2. The molecule has 0 aliphatic carbocycles. The molecular formula is C21H18N2O3. The number of hydrogen-bond acceptors (Lipinski definition) is 3. The third-order valence-electron chi connectivity index (χ3n) is 4.88. The fourth-order valence-corrected chi connectivity index (χ4v) is 3.45. The van der Waals surface area contributed by atoms with E-state index in [0.717, 1.165) is 5.69 Å². The van der Waals surface area contributed by atoms with Crippen molar-refractivity contribution >= 4 is 17.4 Å². The molecule has 0 saturated carbocycles. The normalized spacial score (nSPS) is 18.8. The van der Waals surface area contributed by atoms with Gasteiger partial charge in [0.25, 0.3) is 5.91 Å². The van der Waals surface area contributed by atoms with E-state index in [-0.39, 0.29) is 12.2 Å². The number of Topliss-reactive ketones (excluding diaryl/α,β-unsaturated/α-hetero) is 1. The van der Waals surface area contributed by atoms with Gasteiger partial charge in [-0.3, -0.25) is 9.59 Å². The molecule has 3 aromatic rings. The summed E-state index contributed by atoms with van der Waals surface area (Å²) in [6.45, 7) is 0. The molecule has 0 bridgehead atoms. The molecule has 4 rings (SSSR count). The van der Waals surface area contributed by atoms with Gasteiger partial charge in [-0.25, -0.2) is 0 Å². The second-order valence-electron chi connectivity index (χ2n) is 6.48. The summed E-state index contributed by atoms with van der Waals surface area (Å²) < 4.78 is 1.94. The number of para-hydroxylation sites is 1. The lowest BCUT2D eigenvalue weighted by Gasteiger charge is -2.21. The number of amides is 1. The monoisotopic (exact) mass is 346 g/mol. The average Bonchev–Trinajstić information content (AvgIpc) is 3.26. The molecule has 1 unspecified atom stereocenters. The van der Waals surface area contributed by atoms with Gasteiger partial charge in [-0.05, 0) is 42.5 Å². The molecule has 130 valence electrons. The van der Waals surface area contributed by atoms with Crippen LogP contribution in [0.4, 0.5) is 5.69 Å². The lowest BCUT2D eigenvalue weighted by Crippen LogP contribution is -2.40. The van der Waals surface area contributed by atoms with Gasteiger partial charge in [0, 0.05) is 36.3 Å². The average molecular weight is 346 g/mol. The van der Waals surface area contributed by atoms with Crippen LogP contribution < -0.4 is 4.90 Å². The summed E-state index contributed by atoms with van der Waals surface area (Å²) >= 11 is 0. The molecule has 1 atom stereocenters. The van der Waals surface area contributed by atoms with Crippen LogP contribution in [0, 0.1) is 0 Å². The van der Waals surface area contributed by atoms with Gasteiger partial charge in [-0.1, -0.05) is 18.2 Å². The molecule has 2 aromatic carbocycles. The molecule has 26 heavy (non-hydrogen) atoms. The predicted octanol–water partition coefficient (Wildman–Crippen LogP) is 2.91. The zero-order chi connectivity index (χ0) is 18.3. The van der Waals surface area contributed by atoms with E-state index in [0.29, 0.717) is 16.8 Å². The Balaban J connectivity index is 1.61. The summed E-state index contributed by atoms with van der Waals surface area (Å²) in [5.74, 6) is -0.749. The largest absolute Gasteiger partial charge is 0.375 e. The van der Waals surface area contributed by atoms with Crippen LogP contribution in [-0.4, -0.2) is 28.4 Å². The quantitative estimate of drug-likeness (QED) is 0.739. The SMILES string of the molecule is CN1C(=O)C(O)(CC(=O)c2ccc(-n3cccc3)cc2)c2ccccc21. The van der Waals surface area contributed by atoms with Crippen LogP contribution >= 0.6 is 0 Å². The van der Waals surface area contributed by atoms with Crippen molar-refractivity contribution in [2.24, 2.45) is 0 Å². The number of benzene rings is 2. The molecule has 0 saturated heterocycles. The summed E-state index contributed by atoms with van der Waals surface area (Å²) in [6.07, 6.45) is 3.56. The summed E-state index contributed by atoms with van der Waals surface area (Å²) in [5, 5.41) is 11.0. The maximum absolute atomic E-state index is 12.7. The Hall–Kier alpha value is -3.18. The van der Waals surface area contributed by atoms with Crippen LogP contribution in [0.1, 0.15) is 22.3 Å². The number of aromatic nitrogens is 1. The van der Waals surface area contributed by atoms with Gasteiger partial charge in [0.1, 0.15) is 0 Å². The number of likely N-dealkylation sites (N-methyl/N-ethyl adjacent to an activating group) is 1. The van der Waals surface area contributed by atoms with E-state index in [4.69, 9.17) is 0 Å². The summed E-state index contributed by atoms with van der Waals surface area (Å²) in [5.41, 5.74) is 0.698. The molecule has 2 heterocycles. The Kier molecular flexibility index (Phi) is 3.74. The molecule has 1 amide bonds.